The second-order valence-electron chi connectivity index (χ2n) is 10.9. The molecule has 1 aliphatic heterocycles. The van der Waals surface area contributed by atoms with Gasteiger partial charge in [0.15, 0.2) is 0 Å². The van der Waals surface area contributed by atoms with Crippen LogP contribution >= 0.6 is 0 Å². The number of benzene rings is 1. The number of halogens is 1. The second kappa shape index (κ2) is 11.0. The molecule has 1 atom stereocenters. The Morgan fingerprint density at radius 1 is 1.21 bits per heavy atom. The predicted molar refractivity (Wildman–Crippen MR) is 148 cm³/mol. The molecule has 2 N–H and O–H groups in total. The first-order valence-corrected chi connectivity index (χ1v) is 14.7. The van der Waals surface area contributed by atoms with Gasteiger partial charge in [0.1, 0.15) is 16.9 Å². The Labute approximate surface area is 228 Å². The molecule has 0 aliphatic carbocycles. The number of pyridine rings is 1. The van der Waals surface area contributed by atoms with Gasteiger partial charge in [0.25, 0.3) is 0 Å². The summed E-state index contributed by atoms with van der Waals surface area (Å²) in [6, 6.07) is 4.51. The largest absolute Gasteiger partial charge is 0.444 e. The maximum atomic E-state index is 15.3. The number of nitrogens with one attached hydrogen (secondary N) is 2. The molecule has 1 aromatic carbocycles. The highest BCUT2D eigenvalue weighted by atomic mass is 32.2. The highest BCUT2D eigenvalue weighted by molar-refractivity contribution is 7.88. The van der Waals surface area contributed by atoms with Crippen LogP contribution in [0.3, 0.4) is 0 Å². The van der Waals surface area contributed by atoms with E-state index < -0.39 is 33.6 Å². The quantitative estimate of drug-likeness (QED) is 0.451. The molecule has 0 bridgehead atoms. The van der Waals surface area contributed by atoms with Crippen LogP contribution in [0.15, 0.2) is 30.6 Å². The first-order chi connectivity index (χ1) is 18.2. The lowest BCUT2D eigenvalue weighted by Crippen LogP contribution is -2.42. The molecule has 4 rings (SSSR count). The van der Waals surface area contributed by atoms with Crippen molar-refractivity contribution in [3.8, 4) is 11.3 Å². The Kier molecular flexibility index (Phi) is 8.08. The number of sulfonamides is 1. The van der Waals surface area contributed by atoms with Crippen molar-refractivity contribution in [3.63, 3.8) is 0 Å². The first-order valence-electron chi connectivity index (χ1n) is 12.8. The van der Waals surface area contributed by atoms with Crippen LogP contribution in [0, 0.1) is 12.7 Å². The van der Waals surface area contributed by atoms with Crippen LogP contribution in [0.25, 0.3) is 22.2 Å². The molecule has 1 unspecified atom stereocenters. The first kappa shape index (κ1) is 28.6. The maximum absolute atomic E-state index is 15.3. The number of piperidine rings is 1. The number of fused-ring (bicyclic) bond motifs is 1. The summed E-state index contributed by atoms with van der Waals surface area (Å²) in [5, 5.41) is 6.67. The molecule has 0 saturated carbocycles. The Morgan fingerprint density at radius 2 is 1.90 bits per heavy atom. The third-order valence-corrected chi connectivity index (χ3v) is 7.84. The predicted octanol–water partition coefficient (Wildman–Crippen LogP) is 4.56. The molecule has 210 valence electrons. The zero-order valence-corrected chi connectivity index (χ0v) is 23.9. The molecule has 3 heterocycles. The van der Waals surface area contributed by atoms with E-state index in [0.717, 1.165) is 5.56 Å². The van der Waals surface area contributed by atoms with Crippen molar-refractivity contribution < 1.29 is 22.3 Å². The smallest absolute Gasteiger partial charge is 0.408 e. The third kappa shape index (κ3) is 6.99. The number of rotatable bonds is 6. The van der Waals surface area contributed by atoms with Gasteiger partial charge in [-0.1, -0.05) is 0 Å². The summed E-state index contributed by atoms with van der Waals surface area (Å²) in [6.45, 7) is 9.86. The SMILES string of the molecule is Cc1cnc(NC2CCN(S(C)(=O)=O)CC2)nc1-c1cc(F)c2nccc(C(C)NC(=O)OC(C)(C)C)c2c1. The lowest BCUT2D eigenvalue weighted by atomic mass is 9.98. The molecule has 0 spiro atoms. The van der Waals surface area contributed by atoms with Gasteiger partial charge in [0, 0.05) is 42.5 Å². The van der Waals surface area contributed by atoms with E-state index in [9.17, 15) is 13.2 Å². The summed E-state index contributed by atoms with van der Waals surface area (Å²) in [5.41, 5.74) is 2.10. The fourth-order valence-electron chi connectivity index (χ4n) is 4.63. The average molecular weight is 559 g/mol. The van der Waals surface area contributed by atoms with Crippen LogP contribution in [0.5, 0.6) is 0 Å². The molecule has 1 saturated heterocycles. The molecule has 2 aromatic heterocycles. The molecular weight excluding hydrogens is 523 g/mol. The Balaban J connectivity index is 1.61. The van der Waals surface area contributed by atoms with Gasteiger partial charge in [-0.15, -0.1) is 0 Å². The van der Waals surface area contributed by atoms with Crippen molar-refractivity contribution in [2.75, 3.05) is 24.7 Å². The lowest BCUT2D eigenvalue weighted by Gasteiger charge is -2.30. The minimum atomic E-state index is -3.21. The van der Waals surface area contributed by atoms with Gasteiger partial charge >= 0.3 is 6.09 Å². The molecule has 0 radical (unpaired) electrons. The summed E-state index contributed by atoms with van der Waals surface area (Å²) in [6.07, 6.45) is 5.09. The minimum Gasteiger partial charge on any atom is -0.444 e. The number of hydrogen-bond acceptors (Lipinski definition) is 8. The summed E-state index contributed by atoms with van der Waals surface area (Å²) >= 11 is 0. The van der Waals surface area contributed by atoms with E-state index in [-0.39, 0.29) is 11.6 Å². The molecule has 1 fully saturated rings. The van der Waals surface area contributed by atoms with Crippen LogP contribution in [-0.4, -0.2) is 64.8 Å². The summed E-state index contributed by atoms with van der Waals surface area (Å²) < 4.78 is 45.8. The number of amides is 1. The number of alkyl carbamates (subject to hydrolysis) is 1. The van der Waals surface area contributed by atoms with Crippen molar-refractivity contribution in [3.05, 3.63) is 47.5 Å². The Morgan fingerprint density at radius 3 is 2.54 bits per heavy atom. The number of ether oxygens (including phenoxy) is 1. The number of carbonyl (C=O) groups is 1. The number of anilines is 1. The van der Waals surface area contributed by atoms with Gasteiger partial charge in [-0.05, 0) is 76.8 Å². The zero-order chi connectivity index (χ0) is 28.5. The standard InChI is InChI=1S/C27H35FN6O4S/c1-16-15-30-25(32-19-8-11-34(12-9-19)39(6,36)37)33-23(16)18-13-21-20(7-10-29-24(21)22(28)14-18)17(2)31-26(35)38-27(3,4)5/h7,10,13-15,17,19H,8-9,11-12H2,1-6H3,(H,31,35)(H,30,32,33). The maximum Gasteiger partial charge on any atom is 0.408 e. The van der Waals surface area contributed by atoms with E-state index in [0.29, 0.717) is 54.1 Å². The number of nitrogens with zero attached hydrogens (tertiary/aromatic N) is 4. The van der Waals surface area contributed by atoms with Crippen molar-refractivity contribution in [2.24, 2.45) is 0 Å². The van der Waals surface area contributed by atoms with Gasteiger partial charge < -0.3 is 15.4 Å². The molecule has 1 aliphatic rings. The van der Waals surface area contributed by atoms with E-state index in [4.69, 9.17) is 4.74 Å². The lowest BCUT2D eigenvalue weighted by molar-refractivity contribution is 0.0508. The van der Waals surface area contributed by atoms with Gasteiger partial charge in [-0.25, -0.2) is 31.9 Å². The van der Waals surface area contributed by atoms with Gasteiger partial charge in [-0.2, -0.15) is 0 Å². The van der Waals surface area contributed by atoms with Gasteiger partial charge in [-0.3, -0.25) is 4.98 Å². The number of aromatic nitrogens is 3. The molecule has 39 heavy (non-hydrogen) atoms. The molecular formula is C27H35FN6O4S. The normalized spacial score (nSPS) is 16.2. The number of carbonyl (C=O) groups excluding carboxylic acids is 1. The summed E-state index contributed by atoms with van der Waals surface area (Å²) in [5.74, 6) is -0.116. The van der Waals surface area contributed by atoms with Crippen LogP contribution in [-0.2, 0) is 14.8 Å². The van der Waals surface area contributed by atoms with E-state index >= 15 is 4.39 Å². The zero-order valence-electron chi connectivity index (χ0n) is 23.1. The van der Waals surface area contributed by atoms with E-state index in [1.165, 1.54) is 22.8 Å². The molecule has 10 nitrogen and oxygen atoms in total. The van der Waals surface area contributed by atoms with Crippen molar-refractivity contribution in [1.29, 1.82) is 0 Å². The van der Waals surface area contributed by atoms with Crippen LogP contribution in [0.1, 0.15) is 57.7 Å². The van der Waals surface area contributed by atoms with Crippen molar-refractivity contribution in [2.45, 2.75) is 65.1 Å². The van der Waals surface area contributed by atoms with Crippen LogP contribution in [0.2, 0.25) is 0 Å². The topological polar surface area (TPSA) is 126 Å². The average Bonchev–Trinajstić information content (AvgIpc) is 2.83. The summed E-state index contributed by atoms with van der Waals surface area (Å²) in [7, 11) is -3.21. The van der Waals surface area contributed by atoms with Gasteiger partial charge in [0.2, 0.25) is 16.0 Å². The molecule has 12 heteroatoms. The number of aryl methyl sites for hydroxylation is 1. The fourth-order valence-corrected chi connectivity index (χ4v) is 5.50. The van der Waals surface area contributed by atoms with Crippen LogP contribution in [0.4, 0.5) is 15.1 Å². The minimum absolute atomic E-state index is 0.0162. The Bertz CT molecular complexity index is 1480. The van der Waals surface area contributed by atoms with E-state index in [2.05, 4.69) is 25.6 Å². The van der Waals surface area contributed by atoms with E-state index in [1.54, 1.807) is 40.0 Å². The highest BCUT2D eigenvalue weighted by Crippen LogP contribution is 2.31. The molecule has 1 amide bonds. The van der Waals surface area contributed by atoms with Crippen molar-refractivity contribution >= 4 is 33.0 Å². The van der Waals surface area contributed by atoms with Crippen LogP contribution < -0.4 is 10.6 Å². The summed E-state index contributed by atoms with van der Waals surface area (Å²) in [4.78, 5) is 25.7. The number of hydrogen-bond donors (Lipinski definition) is 2. The van der Waals surface area contributed by atoms with Gasteiger partial charge in [0.05, 0.1) is 18.0 Å². The third-order valence-electron chi connectivity index (χ3n) is 6.53. The monoisotopic (exact) mass is 558 g/mol. The fraction of sp³-hybridized carbons (Fsp3) is 0.481. The highest BCUT2D eigenvalue weighted by Gasteiger charge is 2.26. The Hall–Kier alpha value is -3.38. The molecule has 3 aromatic rings. The second-order valence-corrected chi connectivity index (χ2v) is 12.9. The van der Waals surface area contributed by atoms with Crippen molar-refractivity contribution in [1.82, 2.24) is 24.6 Å². The van der Waals surface area contributed by atoms with E-state index in [1.807, 2.05) is 13.0 Å².